The summed E-state index contributed by atoms with van der Waals surface area (Å²) >= 11 is 0. The van der Waals surface area contributed by atoms with Crippen LogP contribution >= 0.6 is 0 Å². The van der Waals surface area contributed by atoms with Crippen molar-refractivity contribution in [1.82, 2.24) is 0 Å². The summed E-state index contributed by atoms with van der Waals surface area (Å²) < 4.78 is 0. The fraction of sp³-hybridized carbons (Fsp3) is 0.333. The van der Waals surface area contributed by atoms with Crippen molar-refractivity contribution < 1.29 is 0 Å². The molecule has 4 aromatic rings. The Labute approximate surface area is 229 Å². The molecule has 0 N–H and O–H groups in total. The number of hydrogen-bond acceptors (Lipinski definition) is 0. The Hall–Kier alpha value is -3.12. The summed E-state index contributed by atoms with van der Waals surface area (Å²) in [6, 6.07) is 48.0. The maximum absolute atomic E-state index is 2.00. The molecule has 0 saturated carbocycles. The number of hydrogen-bond donors (Lipinski definition) is 0. The van der Waals surface area contributed by atoms with Crippen molar-refractivity contribution in [2.45, 2.75) is 84.1 Å². The molecule has 0 radical (unpaired) electrons. The third kappa shape index (κ3) is 63.2. The summed E-state index contributed by atoms with van der Waals surface area (Å²) in [7, 11) is 0. The van der Waals surface area contributed by atoms with Crippen molar-refractivity contribution in [3.63, 3.8) is 0 Å². The average Bonchev–Trinajstić information content (AvgIpc) is 3.03. The molecule has 0 spiro atoms. The largest absolute Gasteiger partial charge is 0.0776 e. The van der Waals surface area contributed by atoms with Gasteiger partial charge in [-0.1, -0.05) is 230 Å². The Kier molecular flexibility index (Phi) is 96.6. The highest BCUT2D eigenvalue weighted by atomic mass is 13.7. The quantitative estimate of drug-likeness (QED) is 0.228. The Morgan fingerprint density at radius 3 is 0.194 bits per heavy atom. The molecule has 0 atom stereocenters. The first-order valence-electron chi connectivity index (χ1n) is 13.0. The van der Waals surface area contributed by atoms with Gasteiger partial charge in [0, 0.05) is 0 Å². The molecule has 4 rings (SSSR count). The minimum Gasteiger partial charge on any atom is -0.0776 e. The molecule has 0 nitrogen and oxygen atoms in total. The maximum atomic E-state index is 2.00. The SMILES string of the molecule is C.C.CC.CC.CC.CC.CC.c1ccccc1.c1ccccc1.c1ccccc1.c1ccccc1. The van der Waals surface area contributed by atoms with E-state index in [1.54, 1.807) is 0 Å². The van der Waals surface area contributed by atoms with Crippen LogP contribution in [0.5, 0.6) is 0 Å². The molecule has 0 aliphatic rings. The van der Waals surface area contributed by atoms with Gasteiger partial charge in [-0.15, -0.1) is 0 Å². The molecule has 0 amide bonds. The van der Waals surface area contributed by atoms with Crippen molar-refractivity contribution in [3.8, 4) is 0 Å². The van der Waals surface area contributed by atoms with Crippen molar-refractivity contribution >= 4 is 0 Å². The topological polar surface area (TPSA) is 0 Å². The van der Waals surface area contributed by atoms with Crippen LogP contribution < -0.4 is 0 Å². The molecular weight excluding hydrogens is 432 g/mol. The molecule has 36 heavy (non-hydrogen) atoms. The first-order valence-corrected chi connectivity index (χ1v) is 13.0. The van der Waals surface area contributed by atoms with Crippen LogP contribution in [0.3, 0.4) is 0 Å². The van der Waals surface area contributed by atoms with E-state index in [0.717, 1.165) is 0 Å². The Bertz CT molecular complexity index is 414. The zero-order valence-corrected chi connectivity index (χ0v) is 23.9. The molecule has 0 aliphatic carbocycles. The van der Waals surface area contributed by atoms with Gasteiger partial charge in [-0.3, -0.25) is 0 Å². The van der Waals surface area contributed by atoms with Crippen molar-refractivity contribution in [1.29, 1.82) is 0 Å². The highest BCUT2D eigenvalue weighted by Crippen LogP contribution is 1.81. The lowest BCUT2D eigenvalue weighted by Crippen LogP contribution is -1.47. The van der Waals surface area contributed by atoms with Gasteiger partial charge in [0.1, 0.15) is 0 Å². The van der Waals surface area contributed by atoms with Crippen LogP contribution in [-0.2, 0) is 0 Å². The third-order valence-corrected chi connectivity index (χ3v) is 2.67. The van der Waals surface area contributed by atoms with Crippen LogP contribution in [0.1, 0.15) is 84.1 Å². The summed E-state index contributed by atoms with van der Waals surface area (Å²) in [5, 5.41) is 0. The second-order valence-corrected chi connectivity index (χ2v) is 4.62. The molecular formula is C36H62. The van der Waals surface area contributed by atoms with Gasteiger partial charge >= 0.3 is 0 Å². The van der Waals surface area contributed by atoms with E-state index in [1.165, 1.54) is 0 Å². The fourth-order valence-electron chi connectivity index (χ4n) is 1.54. The van der Waals surface area contributed by atoms with Gasteiger partial charge in [-0.2, -0.15) is 0 Å². The average molecular weight is 495 g/mol. The molecule has 4 aromatic carbocycles. The van der Waals surface area contributed by atoms with Crippen molar-refractivity contribution in [2.75, 3.05) is 0 Å². The highest BCUT2D eigenvalue weighted by Gasteiger charge is 1.59. The predicted molar refractivity (Wildman–Crippen MR) is 176 cm³/mol. The van der Waals surface area contributed by atoms with Gasteiger partial charge in [-0.05, 0) is 0 Å². The molecule has 0 aliphatic heterocycles. The second kappa shape index (κ2) is 69.7. The minimum atomic E-state index is 0. The van der Waals surface area contributed by atoms with Gasteiger partial charge in [0.2, 0.25) is 0 Å². The van der Waals surface area contributed by atoms with E-state index in [9.17, 15) is 0 Å². The third-order valence-electron chi connectivity index (χ3n) is 2.67. The standard InChI is InChI=1S/4C6H6.5C2H6.2CH4/c4*1-2-4-6-5-3-1;5*1-2;;/h4*1-6H;5*1-2H3;2*1H4. The summed E-state index contributed by atoms with van der Waals surface area (Å²) in [6.07, 6.45) is 0. The van der Waals surface area contributed by atoms with E-state index < -0.39 is 0 Å². The first kappa shape index (κ1) is 49.9. The molecule has 206 valence electrons. The molecule has 0 unspecified atom stereocenters. The van der Waals surface area contributed by atoms with Gasteiger partial charge in [0.15, 0.2) is 0 Å². The molecule has 0 heterocycles. The van der Waals surface area contributed by atoms with E-state index in [-0.39, 0.29) is 14.9 Å². The van der Waals surface area contributed by atoms with E-state index >= 15 is 0 Å². The van der Waals surface area contributed by atoms with Gasteiger partial charge in [0.25, 0.3) is 0 Å². The van der Waals surface area contributed by atoms with Crippen LogP contribution in [0.15, 0.2) is 146 Å². The molecule has 0 heteroatoms. The lowest BCUT2D eigenvalue weighted by Gasteiger charge is -1.69. The van der Waals surface area contributed by atoms with Crippen LogP contribution in [0, 0.1) is 0 Å². The predicted octanol–water partition coefficient (Wildman–Crippen LogP) is 13.1. The number of rotatable bonds is 0. The van der Waals surface area contributed by atoms with Crippen LogP contribution in [0.2, 0.25) is 0 Å². The fourth-order valence-corrected chi connectivity index (χ4v) is 1.54. The van der Waals surface area contributed by atoms with Gasteiger partial charge < -0.3 is 0 Å². The highest BCUT2D eigenvalue weighted by molar-refractivity contribution is 5.00. The van der Waals surface area contributed by atoms with Gasteiger partial charge in [-0.25, -0.2) is 0 Å². The molecule has 0 saturated heterocycles. The molecule has 0 bridgehead atoms. The summed E-state index contributed by atoms with van der Waals surface area (Å²) in [5.74, 6) is 0. The summed E-state index contributed by atoms with van der Waals surface area (Å²) in [6.45, 7) is 20.0. The first-order chi connectivity index (χ1) is 17.0. The second-order valence-electron chi connectivity index (χ2n) is 4.62. The molecule has 0 aromatic heterocycles. The number of benzene rings is 4. The lowest BCUT2D eigenvalue weighted by molar-refractivity contribution is 1.50. The van der Waals surface area contributed by atoms with E-state index in [0.29, 0.717) is 0 Å². The lowest BCUT2D eigenvalue weighted by atomic mass is 10.4. The van der Waals surface area contributed by atoms with E-state index in [4.69, 9.17) is 0 Å². The van der Waals surface area contributed by atoms with Crippen molar-refractivity contribution in [3.05, 3.63) is 146 Å². The summed E-state index contributed by atoms with van der Waals surface area (Å²) in [4.78, 5) is 0. The van der Waals surface area contributed by atoms with Crippen LogP contribution in [0.25, 0.3) is 0 Å². The smallest absolute Gasteiger partial charge is 0.0623 e. The van der Waals surface area contributed by atoms with E-state index in [1.807, 2.05) is 215 Å². The zero-order chi connectivity index (χ0) is 27.0. The Morgan fingerprint density at radius 1 is 0.139 bits per heavy atom. The van der Waals surface area contributed by atoms with Gasteiger partial charge in [0.05, 0.1) is 0 Å². The Balaban J connectivity index is -0.0000000549. The molecule has 0 fully saturated rings. The van der Waals surface area contributed by atoms with E-state index in [2.05, 4.69) is 0 Å². The monoisotopic (exact) mass is 494 g/mol. The van der Waals surface area contributed by atoms with Crippen molar-refractivity contribution in [2.24, 2.45) is 0 Å². The summed E-state index contributed by atoms with van der Waals surface area (Å²) in [5.41, 5.74) is 0. The van der Waals surface area contributed by atoms with Crippen LogP contribution in [-0.4, -0.2) is 0 Å². The van der Waals surface area contributed by atoms with Crippen LogP contribution in [0.4, 0.5) is 0 Å². The maximum Gasteiger partial charge on any atom is -0.0623 e. The Morgan fingerprint density at radius 2 is 0.167 bits per heavy atom. The zero-order valence-electron chi connectivity index (χ0n) is 23.9. The normalized spacial score (nSPS) is 6.17. The minimum absolute atomic E-state index is 0.